The van der Waals surface area contributed by atoms with E-state index in [0.29, 0.717) is 36.7 Å². The number of piperidine rings is 1. The summed E-state index contributed by atoms with van der Waals surface area (Å²) >= 11 is 0. The minimum atomic E-state index is -0.472. The number of carbonyl (C=O) groups is 1. The summed E-state index contributed by atoms with van der Waals surface area (Å²) in [5.41, 5.74) is 0.238. The van der Waals surface area contributed by atoms with Crippen molar-refractivity contribution in [2.24, 2.45) is 5.92 Å². The normalized spacial score (nSPS) is 16.3. The summed E-state index contributed by atoms with van der Waals surface area (Å²) < 4.78 is 24.4. The van der Waals surface area contributed by atoms with Gasteiger partial charge in [-0.15, -0.1) is 0 Å². The first-order chi connectivity index (χ1) is 10.8. The topological polar surface area (TPSA) is 38.8 Å². The first-order valence-corrected chi connectivity index (χ1v) is 8.09. The highest BCUT2D eigenvalue weighted by molar-refractivity contribution is 5.68. The molecule has 0 saturated carbocycles. The summed E-state index contributed by atoms with van der Waals surface area (Å²) in [5.74, 6) is 0.696. The smallest absolute Gasteiger partial charge is 0.410 e. The zero-order valence-corrected chi connectivity index (χ0v) is 14.4. The van der Waals surface area contributed by atoms with Gasteiger partial charge in [0.25, 0.3) is 0 Å². The van der Waals surface area contributed by atoms with Crippen molar-refractivity contribution in [3.63, 3.8) is 0 Å². The van der Waals surface area contributed by atoms with Crippen LogP contribution in [0.4, 0.5) is 9.18 Å². The minimum absolute atomic E-state index is 0.223. The average molecular weight is 323 g/mol. The molecule has 0 aliphatic carbocycles. The Kier molecular flexibility index (Phi) is 5.50. The molecule has 128 valence electrons. The van der Waals surface area contributed by atoms with Gasteiger partial charge >= 0.3 is 6.09 Å². The van der Waals surface area contributed by atoms with Crippen molar-refractivity contribution in [3.05, 3.63) is 29.6 Å². The lowest BCUT2D eigenvalue weighted by atomic mass is 9.90. The average Bonchev–Trinajstić information content (AvgIpc) is 2.48. The van der Waals surface area contributed by atoms with Crippen molar-refractivity contribution in [1.29, 1.82) is 0 Å². The molecule has 23 heavy (non-hydrogen) atoms. The molecule has 0 spiro atoms. The van der Waals surface area contributed by atoms with Crippen LogP contribution < -0.4 is 4.74 Å². The van der Waals surface area contributed by atoms with Gasteiger partial charge in [-0.25, -0.2) is 9.18 Å². The standard InChI is InChI=1S/C18H26FNO3/c1-18(2,3)23-17(21)20-9-7-13(8-10-20)11-14-5-6-15(22-4)12-16(14)19/h5-6,12-13H,7-11H2,1-4H3. The summed E-state index contributed by atoms with van der Waals surface area (Å²) in [5, 5.41) is 0. The Hall–Kier alpha value is -1.78. The molecule has 5 heteroatoms. The molecule has 0 bridgehead atoms. The van der Waals surface area contributed by atoms with Crippen LogP contribution in [0.25, 0.3) is 0 Å². The van der Waals surface area contributed by atoms with Crippen molar-refractivity contribution in [2.45, 2.75) is 45.6 Å². The van der Waals surface area contributed by atoms with E-state index in [1.165, 1.54) is 13.2 Å². The predicted molar refractivity (Wildman–Crippen MR) is 87.2 cm³/mol. The third-order valence-corrected chi connectivity index (χ3v) is 4.04. The van der Waals surface area contributed by atoms with Crippen LogP contribution in [-0.2, 0) is 11.2 Å². The van der Waals surface area contributed by atoms with Crippen LogP contribution >= 0.6 is 0 Å². The number of nitrogens with zero attached hydrogens (tertiary/aromatic N) is 1. The van der Waals surface area contributed by atoms with Gasteiger partial charge in [0.05, 0.1) is 7.11 Å². The lowest BCUT2D eigenvalue weighted by Crippen LogP contribution is -2.42. The van der Waals surface area contributed by atoms with E-state index in [4.69, 9.17) is 9.47 Å². The Bertz CT molecular complexity index is 546. The fourth-order valence-electron chi connectivity index (χ4n) is 2.78. The number of methoxy groups -OCH3 is 1. The zero-order chi connectivity index (χ0) is 17.0. The van der Waals surface area contributed by atoms with Gasteiger partial charge in [0, 0.05) is 19.2 Å². The van der Waals surface area contributed by atoms with Crippen LogP contribution in [0.5, 0.6) is 5.75 Å². The minimum Gasteiger partial charge on any atom is -0.497 e. The molecule has 1 aromatic carbocycles. The molecule has 0 atom stereocenters. The first-order valence-electron chi connectivity index (χ1n) is 8.09. The fraction of sp³-hybridized carbons (Fsp3) is 0.611. The van der Waals surface area contributed by atoms with Crippen molar-refractivity contribution in [1.82, 2.24) is 4.90 Å². The van der Waals surface area contributed by atoms with Crippen LogP contribution in [0.15, 0.2) is 18.2 Å². The van der Waals surface area contributed by atoms with E-state index in [1.54, 1.807) is 17.0 Å². The number of likely N-dealkylation sites (tertiary alicyclic amines) is 1. The fourth-order valence-corrected chi connectivity index (χ4v) is 2.78. The third kappa shape index (κ3) is 5.12. The van der Waals surface area contributed by atoms with E-state index in [-0.39, 0.29) is 11.9 Å². The lowest BCUT2D eigenvalue weighted by molar-refractivity contribution is 0.0184. The number of halogens is 1. The Balaban J connectivity index is 1.86. The van der Waals surface area contributed by atoms with Crippen LogP contribution in [-0.4, -0.2) is 36.8 Å². The molecule has 1 amide bonds. The number of carbonyl (C=O) groups excluding carboxylic acids is 1. The monoisotopic (exact) mass is 323 g/mol. The SMILES string of the molecule is COc1ccc(CC2CCN(C(=O)OC(C)(C)C)CC2)c(F)c1. The molecule has 1 aliphatic rings. The molecule has 2 rings (SSSR count). The molecule has 0 aromatic heterocycles. The summed E-state index contributed by atoms with van der Waals surface area (Å²) in [7, 11) is 1.53. The number of benzene rings is 1. The maximum atomic E-state index is 14.0. The Labute approximate surface area is 137 Å². The molecule has 0 radical (unpaired) electrons. The molecule has 1 fully saturated rings. The molecular formula is C18H26FNO3. The number of ether oxygens (including phenoxy) is 2. The lowest BCUT2D eigenvalue weighted by Gasteiger charge is -2.33. The van der Waals surface area contributed by atoms with Gasteiger partial charge < -0.3 is 14.4 Å². The Morgan fingerprint density at radius 1 is 1.30 bits per heavy atom. The van der Waals surface area contributed by atoms with E-state index < -0.39 is 5.60 Å². The van der Waals surface area contributed by atoms with Crippen LogP contribution in [0, 0.1) is 11.7 Å². The zero-order valence-electron chi connectivity index (χ0n) is 14.4. The summed E-state index contributed by atoms with van der Waals surface area (Å²) in [6, 6.07) is 4.99. The van der Waals surface area contributed by atoms with E-state index in [0.717, 1.165) is 12.8 Å². The largest absolute Gasteiger partial charge is 0.497 e. The van der Waals surface area contributed by atoms with Gasteiger partial charge in [-0.05, 0) is 57.6 Å². The van der Waals surface area contributed by atoms with Crippen molar-refractivity contribution in [2.75, 3.05) is 20.2 Å². The van der Waals surface area contributed by atoms with Crippen LogP contribution in [0.1, 0.15) is 39.2 Å². The van der Waals surface area contributed by atoms with Crippen molar-refractivity contribution >= 4 is 6.09 Å². The van der Waals surface area contributed by atoms with Gasteiger partial charge in [-0.3, -0.25) is 0 Å². The molecule has 0 N–H and O–H groups in total. The van der Waals surface area contributed by atoms with Gasteiger partial charge in [-0.1, -0.05) is 6.07 Å². The van der Waals surface area contributed by atoms with E-state index in [9.17, 15) is 9.18 Å². The summed E-state index contributed by atoms with van der Waals surface area (Å²) in [4.78, 5) is 13.8. The van der Waals surface area contributed by atoms with Gasteiger partial charge in [-0.2, -0.15) is 0 Å². The van der Waals surface area contributed by atoms with Gasteiger partial charge in [0.1, 0.15) is 17.2 Å². The molecule has 1 saturated heterocycles. The van der Waals surface area contributed by atoms with Crippen molar-refractivity contribution in [3.8, 4) is 5.75 Å². The first kappa shape index (κ1) is 17.6. The van der Waals surface area contributed by atoms with Crippen LogP contribution in [0.2, 0.25) is 0 Å². The van der Waals surface area contributed by atoms with Crippen molar-refractivity contribution < 1.29 is 18.7 Å². The highest BCUT2D eigenvalue weighted by Gasteiger charge is 2.27. The molecule has 1 heterocycles. The Morgan fingerprint density at radius 2 is 1.96 bits per heavy atom. The predicted octanol–water partition coefficient (Wildman–Crippen LogP) is 4.02. The third-order valence-electron chi connectivity index (χ3n) is 4.04. The second kappa shape index (κ2) is 7.20. The highest BCUT2D eigenvalue weighted by atomic mass is 19.1. The second-order valence-electron chi connectivity index (χ2n) is 7.07. The van der Waals surface area contributed by atoms with E-state index in [1.807, 2.05) is 20.8 Å². The highest BCUT2D eigenvalue weighted by Crippen LogP contribution is 2.25. The van der Waals surface area contributed by atoms with Crippen LogP contribution in [0.3, 0.4) is 0 Å². The molecule has 4 nitrogen and oxygen atoms in total. The number of hydrogen-bond acceptors (Lipinski definition) is 3. The summed E-state index contributed by atoms with van der Waals surface area (Å²) in [6.07, 6.45) is 2.17. The second-order valence-corrected chi connectivity index (χ2v) is 7.07. The number of hydrogen-bond donors (Lipinski definition) is 0. The molecule has 1 aromatic rings. The Morgan fingerprint density at radius 3 is 2.48 bits per heavy atom. The molecular weight excluding hydrogens is 297 g/mol. The van der Waals surface area contributed by atoms with Gasteiger partial charge in [0.2, 0.25) is 0 Å². The van der Waals surface area contributed by atoms with Gasteiger partial charge in [0.15, 0.2) is 0 Å². The molecule has 1 aliphatic heterocycles. The maximum Gasteiger partial charge on any atom is 0.410 e. The maximum absolute atomic E-state index is 14.0. The number of amides is 1. The van der Waals surface area contributed by atoms with E-state index in [2.05, 4.69) is 0 Å². The summed E-state index contributed by atoms with van der Waals surface area (Å²) in [6.45, 7) is 6.92. The quantitative estimate of drug-likeness (QED) is 0.843. The number of rotatable bonds is 3. The molecule has 0 unspecified atom stereocenters. The van der Waals surface area contributed by atoms with E-state index >= 15 is 0 Å².